The maximum atomic E-state index is 12.4. The van der Waals surface area contributed by atoms with Gasteiger partial charge >= 0.3 is 0 Å². The molecule has 0 spiro atoms. The number of benzene rings is 1. The lowest BCUT2D eigenvalue weighted by Crippen LogP contribution is -2.02. The van der Waals surface area contributed by atoms with Crippen LogP contribution in [-0.4, -0.2) is 5.78 Å². The van der Waals surface area contributed by atoms with Gasteiger partial charge in [-0.2, -0.15) is 0 Å². The number of halogens is 2. The Kier molecular flexibility index (Phi) is 4.17. The lowest BCUT2D eigenvalue weighted by Gasteiger charge is -2.04. The van der Waals surface area contributed by atoms with Gasteiger partial charge in [0, 0.05) is 10.0 Å². The number of thiophene rings is 1. The summed E-state index contributed by atoms with van der Waals surface area (Å²) < 4.78 is 1.88. The third-order valence-corrected chi connectivity index (χ3v) is 5.77. The lowest BCUT2D eigenvalue weighted by atomic mass is 10.0. The van der Waals surface area contributed by atoms with Crippen molar-refractivity contribution in [1.82, 2.24) is 0 Å². The molecule has 0 fully saturated rings. The fraction of sp³-hybridized carbons (Fsp3) is 0.154. The van der Waals surface area contributed by atoms with Gasteiger partial charge < -0.3 is 0 Å². The molecule has 0 amide bonds. The lowest BCUT2D eigenvalue weighted by molar-refractivity contribution is 0.104. The summed E-state index contributed by atoms with van der Waals surface area (Å²) in [5.41, 5.74) is 1.90. The number of aryl methyl sites for hydroxylation is 1. The Labute approximate surface area is 121 Å². The van der Waals surface area contributed by atoms with Crippen LogP contribution >= 0.6 is 43.2 Å². The van der Waals surface area contributed by atoms with E-state index in [9.17, 15) is 4.79 Å². The average molecular weight is 374 g/mol. The second-order valence-electron chi connectivity index (χ2n) is 3.57. The van der Waals surface area contributed by atoms with Crippen molar-refractivity contribution in [3.63, 3.8) is 0 Å². The molecule has 1 aromatic heterocycles. The zero-order valence-electron chi connectivity index (χ0n) is 9.17. The molecule has 4 heteroatoms. The van der Waals surface area contributed by atoms with E-state index in [-0.39, 0.29) is 5.78 Å². The molecular formula is C13H10Br2OS. The molecule has 0 unspecified atom stereocenters. The van der Waals surface area contributed by atoms with E-state index >= 15 is 0 Å². The van der Waals surface area contributed by atoms with Gasteiger partial charge in [-0.25, -0.2) is 0 Å². The normalized spacial score (nSPS) is 10.5. The summed E-state index contributed by atoms with van der Waals surface area (Å²) in [7, 11) is 0. The van der Waals surface area contributed by atoms with Gasteiger partial charge in [0.15, 0.2) is 0 Å². The van der Waals surface area contributed by atoms with E-state index in [0.29, 0.717) is 0 Å². The van der Waals surface area contributed by atoms with E-state index in [2.05, 4.69) is 38.8 Å². The molecule has 0 aliphatic carbocycles. The predicted octanol–water partition coefficient (Wildman–Crippen LogP) is 5.07. The zero-order chi connectivity index (χ0) is 12.4. The van der Waals surface area contributed by atoms with E-state index in [1.807, 2.05) is 30.3 Å². The molecule has 0 aliphatic rings. The summed E-state index contributed by atoms with van der Waals surface area (Å²) in [6.07, 6.45) is 0.871. The predicted molar refractivity (Wildman–Crippen MR) is 79.0 cm³/mol. The van der Waals surface area contributed by atoms with Crippen molar-refractivity contribution in [2.45, 2.75) is 13.3 Å². The van der Waals surface area contributed by atoms with Crippen molar-refractivity contribution in [3.8, 4) is 0 Å². The van der Waals surface area contributed by atoms with Crippen LogP contribution in [0, 0.1) is 0 Å². The number of carbonyl (C=O) groups is 1. The third-order valence-electron chi connectivity index (χ3n) is 2.51. The molecular weight excluding hydrogens is 364 g/mol. The van der Waals surface area contributed by atoms with Crippen molar-refractivity contribution in [3.05, 3.63) is 54.6 Å². The second kappa shape index (κ2) is 5.46. The number of ketones is 1. The molecule has 88 valence electrons. The summed E-state index contributed by atoms with van der Waals surface area (Å²) in [6, 6.07) is 9.64. The zero-order valence-corrected chi connectivity index (χ0v) is 13.2. The Balaban J connectivity index is 2.43. The maximum absolute atomic E-state index is 12.4. The summed E-state index contributed by atoms with van der Waals surface area (Å²) in [6.45, 7) is 2.06. The highest BCUT2D eigenvalue weighted by Gasteiger charge is 2.16. The monoisotopic (exact) mass is 372 g/mol. The summed E-state index contributed by atoms with van der Waals surface area (Å²) in [5.74, 6) is 0.0962. The Bertz CT molecular complexity index is 541. The molecule has 0 atom stereocenters. The molecule has 17 heavy (non-hydrogen) atoms. The molecule has 0 aliphatic heterocycles. The first-order valence-electron chi connectivity index (χ1n) is 5.21. The number of rotatable bonds is 3. The van der Waals surface area contributed by atoms with Crippen LogP contribution in [0.5, 0.6) is 0 Å². The molecule has 0 radical (unpaired) electrons. The van der Waals surface area contributed by atoms with Crippen LogP contribution in [0.4, 0.5) is 0 Å². The van der Waals surface area contributed by atoms with Crippen LogP contribution in [0.15, 0.2) is 38.6 Å². The highest BCUT2D eigenvalue weighted by molar-refractivity contribution is 9.13. The molecule has 0 bridgehead atoms. The Morgan fingerprint density at radius 2 is 2.00 bits per heavy atom. The van der Waals surface area contributed by atoms with Crippen molar-refractivity contribution in [2.75, 3.05) is 0 Å². The molecule has 2 rings (SSSR count). The van der Waals surface area contributed by atoms with Gasteiger partial charge in [0.25, 0.3) is 0 Å². The average Bonchev–Trinajstić information content (AvgIpc) is 2.68. The highest BCUT2D eigenvalue weighted by atomic mass is 79.9. The summed E-state index contributed by atoms with van der Waals surface area (Å²) in [5, 5.41) is 0. The van der Waals surface area contributed by atoms with Gasteiger partial charge in [-0.05, 0) is 49.9 Å². The van der Waals surface area contributed by atoms with Crippen molar-refractivity contribution in [1.29, 1.82) is 0 Å². The van der Waals surface area contributed by atoms with Crippen LogP contribution in [0.1, 0.15) is 27.7 Å². The molecule has 0 N–H and O–H groups in total. The van der Waals surface area contributed by atoms with Gasteiger partial charge in [0.2, 0.25) is 5.78 Å². The summed E-state index contributed by atoms with van der Waals surface area (Å²) in [4.78, 5) is 13.1. The van der Waals surface area contributed by atoms with E-state index in [4.69, 9.17) is 0 Å². The molecule has 1 heterocycles. The molecule has 1 nitrogen and oxygen atoms in total. The third kappa shape index (κ3) is 2.69. The van der Waals surface area contributed by atoms with Gasteiger partial charge in [-0.3, -0.25) is 4.79 Å². The quantitative estimate of drug-likeness (QED) is 0.686. The van der Waals surface area contributed by atoms with Crippen molar-refractivity contribution in [2.24, 2.45) is 0 Å². The Hall–Kier alpha value is -0.450. The van der Waals surface area contributed by atoms with Gasteiger partial charge in [0.1, 0.15) is 0 Å². The second-order valence-corrected chi connectivity index (χ2v) is 6.80. The van der Waals surface area contributed by atoms with Gasteiger partial charge in [-0.1, -0.05) is 31.2 Å². The van der Waals surface area contributed by atoms with Gasteiger partial charge in [0.05, 0.1) is 8.66 Å². The van der Waals surface area contributed by atoms with Gasteiger partial charge in [-0.15, -0.1) is 11.3 Å². The first-order chi connectivity index (χ1) is 8.13. The van der Waals surface area contributed by atoms with E-state index in [1.165, 1.54) is 11.3 Å². The smallest absolute Gasteiger partial charge is 0.203 e. The Morgan fingerprint density at radius 1 is 1.29 bits per heavy atom. The van der Waals surface area contributed by atoms with Crippen molar-refractivity contribution < 1.29 is 4.79 Å². The van der Waals surface area contributed by atoms with Crippen LogP contribution < -0.4 is 0 Å². The fourth-order valence-electron chi connectivity index (χ4n) is 1.64. The topological polar surface area (TPSA) is 17.1 Å². The maximum Gasteiger partial charge on any atom is 0.203 e. The van der Waals surface area contributed by atoms with E-state index < -0.39 is 0 Å². The first-order valence-corrected chi connectivity index (χ1v) is 7.61. The van der Waals surface area contributed by atoms with E-state index in [0.717, 1.165) is 30.7 Å². The highest BCUT2D eigenvalue weighted by Crippen LogP contribution is 2.33. The molecule has 0 saturated heterocycles. The van der Waals surface area contributed by atoms with Crippen molar-refractivity contribution >= 4 is 49.0 Å². The minimum atomic E-state index is 0.0962. The number of carbonyl (C=O) groups excluding carboxylic acids is 1. The summed E-state index contributed by atoms with van der Waals surface area (Å²) >= 11 is 8.27. The molecule has 2 aromatic rings. The SMILES string of the molecule is CCc1ccccc1C(=O)c1cc(Br)c(Br)s1. The largest absolute Gasteiger partial charge is 0.288 e. The standard InChI is InChI=1S/C13H10Br2OS/c1-2-8-5-3-4-6-9(8)12(16)11-7-10(14)13(15)17-11/h3-7H,2H2,1H3. The minimum absolute atomic E-state index is 0.0962. The van der Waals surface area contributed by atoms with Crippen LogP contribution in [0.25, 0.3) is 0 Å². The molecule has 0 saturated carbocycles. The van der Waals surface area contributed by atoms with Crippen LogP contribution in [0.2, 0.25) is 0 Å². The Morgan fingerprint density at radius 3 is 2.59 bits per heavy atom. The number of hydrogen-bond donors (Lipinski definition) is 0. The van der Waals surface area contributed by atoms with Crippen LogP contribution in [-0.2, 0) is 6.42 Å². The fourth-order valence-corrected chi connectivity index (χ4v) is 3.63. The first kappa shape index (κ1) is 13.0. The van der Waals surface area contributed by atoms with E-state index in [1.54, 1.807) is 0 Å². The van der Waals surface area contributed by atoms with Crippen LogP contribution in [0.3, 0.4) is 0 Å². The molecule has 1 aromatic carbocycles. The number of hydrogen-bond acceptors (Lipinski definition) is 2. The minimum Gasteiger partial charge on any atom is -0.288 e.